The van der Waals surface area contributed by atoms with Crippen molar-refractivity contribution in [2.24, 2.45) is 17.8 Å². The molecular weight excluding hydrogens is 266 g/mol. The number of likely N-dealkylation sites (tertiary alicyclic amines) is 1. The van der Waals surface area contributed by atoms with Crippen LogP contribution in [0, 0.1) is 17.8 Å². The van der Waals surface area contributed by atoms with E-state index in [2.05, 4.69) is 4.90 Å². The lowest BCUT2D eigenvalue weighted by Crippen LogP contribution is -2.46. The Hall–Kier alpha value is -1.06. The zero-order valence-electron chi connectivity index (χ0n) is 12.8. The molecule has 0 bridgehead atoms. The summed E-state index contributed by atoms with van der Waals surface area (Å²) in [6.07, 6.45) is 10.7. The van der Waals surface area contributed by atoms with Crippen LogP contribution in [0.3, 0.4) is 0 Å². The van der Waals surface area contributed by atoms with Crippen LogP contribution < -0.4 is 0 Å². The number of amides is 1. The van der Waals surface area contributed by atoms with E-state index in [-0.39, 0.29) is 11.8 Å². The van der Waals surface area contributed by atoms with Gasteiger partial charge in [0.05, 0.1) is 11.8 Å². The van der Waals surface area contributed by atoms with Gasteiger partial charge in [-0.05, 0) is 44.4 Å². The van der Waals surface area contributed by atoms with E-state index in [1.807, 2.05) is 0 Å². The van der Waals surface area contributed by atoms with Crippen molar-refractivity contribution < 1.29 is 14.7 Å². The topological polar surface area (TPSA) is 57.6 Å². The SMILES string of the molecule is O=C(O)[C@H]1CCCC[C@H]1C(=O)N1CCCC1C1CCCC1. The molecule has 3 fully saturated rings. The largest absolute Gasteiger partial charge is 0.481 e. The first-order chi connectivity index (χ1) is 10.2. The number of nitrogens with zero attached hydrogens (tertiary/aromatic N) is 1. The summed E-state index contributed by atoms with van der Waals surface area (Å²) in [5.74, 6) is -0.668. The summed E-state index contributed by atoms with van der Waals surface area (Å²) in [5, 5.41) is 9.41. The second kappa shape index (κ2) is 6.37. The summed E-state index contributed by atoms with van der Waals surface area (Å²) in [7, 11) is 0. The average Bonchev–Trinajstić information content (AvgIpc) is 3.16. The van der Waals surface area contributed by atoms with E-state index in [0.717, 1.165) is 38.6 Å². The van der Waals surface area contributed by atoms with Gasteiger partial charge in [-0.2, -0.15) is 0 Å². The van der Waals surface area contributed by atoms with Crippen LogP contribution in [0.5, 0.6) is 0 Å². The maximum Gasteiger partial charge on any atom is 0.307 e. The summed E-state index contributed by atoms with van der Waals surface area (Å²) >= 11 is 0. The molecule has 3 aliphatic rings. The van der Waals surface area contributed by atoms with Crippen molar-refractivity contribution in [3.05, 3.63) is 0 Å². The number of carbonyl (C=O) groups is 2. The molecule has 21 heavy (non-hydrogen) atoms. The molecule has 4 heteroatoms. The van der Waals surface area contributed by atoms with Gasteiger partial charge in [-0.3, -0.25) is 9.59 Å². The monoisotopic (exact) mass is 293 g/mol. The average molecular weight is 293 g/mol. The molecule has 2 saturated carbocycles. The van der Waals surface area contributed by atoms with Crippen molar-refractivity contribution in [1.29, 1.82) is 0 Å². The van der Waals surface area contributed by atoms with Crippen LogP contribution in [-0.2, 0) is 9.59 Å². The first-order valence-corrected chi connectivity index (χ1v) is 8.72. The maximum atomic E-state index is 12.9. The Kier molecular flexibility index (Phi) is 4.51. The Balaban J connectivity index is 1.71. The maximum absolute atomic E-state index is 12.9. The molecule has 2 aliphatic carbocycles. The molecule has 0 aromatic rings. The van der Waals surface area contributed by atoms with Crippen LogP contribution >= 0.6 is 0 Å². The van der Waals surface area contributed by atoms with E-state index in [1.54, 1.807) is 0 Å². The molecule has 3 rings (SSSR count). The molecule has 1 N–H and O–H groups in total. The lowest BCUT2D eigenvalue weighted by atomic mass is 9.78. The van der Waals surface area contributed by atoms with Crippen molar-refractivity contribution >= 4 is 11.9 Å². The predicted octanol–water partition coefficient (Wildman–Crippen LogP) is 3.06. The van der Waals surface area contributed by atoms with E-state index in [0.29, 0.717) is 18.4 Å². The molecule has 1 unspecified atom stereocenters. The number of carboxylic acid groups (broad SMARTS) is 1. The first kappa shape index (κ1) is 14.9. The smallest absolute Gasteiger partial charge is 0.307 e. The number of aliphatic carboxylic acids is 1. The Morgan fingerprint density at radius 2 is 1.43 bits per heavy atom. The lowest BCUT2D eigenvalue weighted by molar-refractivity contribution is -0.153. The van der Waals surface area contributed by atoms with Crippen LogP contribution in [0.2, 0.25) is 0 Å². The Labute approximate surface area is 126 Å². The number of carbonyl (C=O) groups excluding carboxylic acids is 1. The molecule has 4 nitrogen and oxygen atoms in total. The molecule has 1 aliphatic heterocycles. The lowest BCUT2D eigenvalue weighted by Gasteiger charge is -2.35. The minimum atomic E-state index is -0.773. The molecule has 3 atom stereocenters. The fraction of sp³-hybridized carbons (Fsp3) is 0.882. The second-order valence-electron chi connectivity index (χ2n) is 7.12. The quantitative estimate of drug-likeness (QED) is 0.870. The summed E-state index contributed by atoms with van der Waals surface area (Å²) in [4.78, 5) is 26.5. The Morgan fingerprint density at radius 3 is 2.10 bits per heavy atom. The van der Waals surface area contributed by atoms with E-state index in [4.69, 9.17) is 0 Å². The zero-order valence-corrected chi connectivity index (χ0v) is 12.8. The fourth-order valence-electron chi connectivity index (χ4n) is 4.83. The number of rotatable bonds is 3. The van der Waals surface area contributed by atoms with Crippen LogP contribution in [0.1, 0.15) is 64.2 Å². The van der Waals surface area contributed by atoms with E-state index < -0.39 is 11.9 Å². The van der Waals surface area contributed by atoms with Gasteiger partial charge in [0.15, 0.2) is 0 Å². The summed E-state index contributed by atoms with van der Waals surface area (Å²) < 4.78 is 0. The molecule has 1 amide bonds. The highest BCUT2D eigenvalue weighted by Gasteiger charge is 2.42. The van der Waals surface area contributed by atoms with Gasteiger partial charge in [0, 0.05) is 12.6 Å². The molecular formula is C17H27NO3. The molecule has 0 spiro atoms. The molecule has 0 radical (unpaired) electrons. The summed E-state index contributed by atoms with van der Waals surface area (Å²) in [6.45, 7) is 0.850. The number of hydrogen-bond donors (Lipinski definition) is 1. The second-order valence-corrected chi connectivity index (χ2v) is 7.12. The van der Waals surface area contributed by atoms with Gasteiger partial charge in [0.2, 0.25) is 5.91 Å². The number of carboxylic acids is 1. The van der Waals surface area contributed by atoms with Crippen molar-refractivity contribution in [3.63, 3.8) is 0 Å². The van der Waals surface area contributed by atoms with E-state index in [9.17, 15) is 14.7 Å². The number of hydrogen-bond acceptors (Lipinski definition) is 2. The first-order valence-electron chi connectivity index (χ1n) is 8.72. The van der Waals surface area contributed by atoms with Gasteiger partial charge in [0.1, 0.15) is 0 Å². The third kappa shape index (κ3) is 2.95. The van der Waals surface area contributed by atoms with Crippen molar-refractivity contribution in [1.82, 2.24) is 4.90 Å². The third-order valence-corrected chi connectivity index (χ3v) is 5.93. The van der Waals surface area contributed by atoms with Crippen molar-refractivity contribution in [2.45, 2.75) is 70.3 Å². The van der Waals surface area contributed by atoms with Crippen LogP contribution in [-0.4, -0.2) is 34.5 Å². The summed E-state index contributed by atoms with van der Waals surface area (Å²) in [5.41, 5.74) is 0. The minimum Gasteiger partial charge on any atom is -0.481 e. The standard InChI is InChI=1S/C17H27NO3/c19-16(13-8-3-4-9-14(13)17(20)21)18-11-5-10-15(18)12-6-1-2-7-12/h12-15H,1-11H2,(H,20,21)/t13-,14+,15?/m1/s1. The molecule has 0 aromatic heterocycles. The Bertz CT molecular complexity index is 403. The van der Waals surface area contributed by atoms with Gasteiger partial charge in [-0.1, -0.05) is 25.7 Å². The summed E-state index contributed by atoms with van der Waals surface area (Å²) in [6, 6.07) is 0.399. The van der Waals surface area contributed by atoms with Gasteiger partial charge in [-0.15, -0.1) is 0 Å². The van der Waals surface area contributed by atoms with Crippen LogP contribution in [0.25, 0.3) is 0 Å². The van der Waals surface area contributed by atoms with Crippen LogP contribution in [0.4, 0.5) is 0 Å². The third-order valence-electron chi connectivity index (χ3n) is 5.93. The minimum absolute atomic E-state index is 0.150. The van der Waals surface area contributed by atoms with Crippen molar-refractivity contribution in [2.75, 3.05) is 6.54 Å². The predicted molar refractivity (Wildman–Crippen MR) is 79.8 cm³/mol. The van der Waals surface area contributed by atoms with E-state index >= 15 is 0 Å². The Morgan fingerprint density at radius 1 is 0.810 bits per heavy atom. The highest BCUT2D eigenvalue weighted by Crippen LogP contribution is 2.38. The van der Waals surface area contributed by atoms with Crippen molar-refractivity contribution in [3.8, 4) is 0 Å². The molecule has 118 valence electrons. The molecule has 1 saturated heterocycles. The van der Waals surface area contributed by atoms with Crippen LogP contribution in [0.15, 0.2) is 0 Å². The van der Waals surface area contributed by atoms with E-state index in [1.165, 1.54) is 25.7 Å². The highest BCUT2D eigenvalue weighted by molar-refractivity contribution is 5.85. The fourth-order valence-corrected chi connectivity index (χ4v) is 4.83. The normalized spacial score (nSPS) is 34.3. The molecule has 1 heterocycles. The van der Waals surface area contributed by atoms with Gasteiger partial charge in [-0.25, -0.2) is 0 Å². The zero-order chi connectivity index (χ0) is 14.8. The van der Waals surface area contributed by atoms with Gasteiger partial charge < -0.3 is 10.0 Å². The molecule has 0 aromatic carbocycles. The van der Waals surface area contributed by atoms with Gasteiger partial charge in [0.25, 0.3) is 0 Å². The van der Waals surface area contributed by atoms with Gasteiger partial charge >= 0.3 is 5.97 Å². The highest BCUT2D eigenvalue weighted by atomic mass is 16.4.